The molecule has 0 spiro atoms. The topological polar surface area (TPSA) is 49.4 Å². The zero-order chi connectivity index (χ0) is 14.8. The van der Waals surface area contributed by atoms with Crippen molar-refractivity contribution in [1.29, 1.82) is 0 Å². The number of carbonyl (C=O) groups excluding carboxylic acids is 2. The third-order valence-corrected chi connectivity index (χ3v) is 5.00. The fraction of sp³-hybridized carbons (Fsp3) is 0.467. The van der Waals surface area contributed by atoms with Crippen molar-refractivity contribution < 1.29 is 9.59 Å². The van der Waals surface area contributed by atoms with Crippen LogP contribution in [0.5, 0.6) is 0 Å². The maximum absolute atomic E-state index is 12.3. The van der Waals surface area contributed by atoms with Gasteiger partial charge >= 0.3 is 0 Å². The van der Waals surface area contributed by atoms with Crippen molar-refractivity contribution in [3.63, 3.8) is 0 Å². The van der Waals surface area contributed by atoms with Crippen LogP contribution in [0, 0.1) is 0 Å². The Hall–Kier alpha value is -1.49. The van der Waals surface area contributed by atoms with Crippen LogP contribution in [0.25, 0.3) is 0 Å². The number of amides is 2. The van der Waals surface area contributed by atoms with Crippen LogP contribution in [0.2, 0.25) is 0 Å². The summed E-state index contributed by atoms with van der Waals surface area (Å²) in [5, 5.41) is 2.88. The Labute approximate surface area is 123 Å². The first-order valence-electron chi connectivity index (χ1n) is 6.75. The summed E-state index contributed by atoms with van der Waals surface area (Å²) >= 11 is 1.62. The Kier molecular flexibility index (Phi) is 4.38. The molecule has 108 valence electrons. The standard InChI is InChI=1S/C15H20N2O2S/c1-4-11-5-7-12(8-6-11)16-14(19)13-9-20-15(2,3)17(13)10-18/h5-8,10,13H,4,9H2,1-3H3,(H,16,19). The molecule has 1 atom stereocenters. The van der Waals surface area contributed by atoms with Gasteiger partial charge in [-0.15, -0.1) is 11.8 Å². The molecule has 20 heavy (non-hydrogen) atoms. The molecule has 1 N–H and O–H groups in total. The number of benzene rings is 1. The van der Waals surface area contributed by atoms with Gasteiger partial charge < -0.3 is 10.2 Å². The Morgan fingerprint density at radius 3 is 2.65 bits per heavy atom. The smallest absolute Gasteiger partial charge is 0.248 e. The lowest BCUT2D eigenvalue weighted by Crippen LogP contribution is -2.47. The average Bonchev–Trinajstić information content (AvgIpc) is 2.74. The number of anilines is 1. The van der Waals surface area contributed by atoms with Crippen molar-refractivity contribution in [3.8, 4) is 0 Å². The molecule has 2 rings (SSSR count). The molecule has 0 radical (unpaired) electrons. The van der Waals surface area contributed by atoms with E-state index in [9.17, 15) is 9.59 Å². The number of aryl methyl sites for hydroxylation is 1. The van der Waals surface area contributed by atoms with Gasteiger partial charge in [-0.25, -0.2) is 0 Å². The lowest BCUT2D eigenvalue weighted by atomic mass is 10.1. The summed E-state index contributed by atoms with van der Waals surface area (Å²) in [7, 11) is 0. The molecule has 1 heterocycles. The number of rotatable bonds is 4. The van der Waals surface area contributed by atoms with Crippen LogP contribution in [-0.4, -0.2) is 33.9 Å². The van der Waals surface area contributed by atoms with E-state index in [1.54, 1.807) is 16.7 Å². The second kappa shape index (κ2) is 5.87. The van der Waals surface area contributed by atoms with Gasteiger partial charge in [-0.05, 0) is 38.0 Å². The SMILES string of the molecule is CCc1ccc(NC(=O)C2CSC(C)(C)N2C=O)cc1. The highest BCUT2D eigenvalue weighted by Gasteiger charge is 2.42. The fourth-order valence-corrected chi connectivity index (χ4v) is 3.46. The summed E-state index contributed by atoms with van der Waals surface area (Å²) in [4.78, 5) is 24.8. The predicted molar refractivity (Wildman–Crippen MR) is 82.7 cm³/mol. The maximum atomic E-state index is 12.3. The fourth-order valence-electron chi connectivity index (χ4n) is 2.26. The van der Waals surface area contributed by atoms with Gasteiger partial charge in [0.1, 0.15) is 6.04 Å². The first-order valence-corrected chi connectivity index (χ1v) is 7.74. The number of nitrogens with one attached hydrogen (secondary N) is 1. The van der Waals surface area contributed by atoms with Crippen molar-refractivity contribution in [2.24, 2.45) is 0 Å². The Morgan fingerprint density at radius 1 is 1.45 bits per heavy atom. The predicted octanol–water partition coefficient (Wildman–Crippen LogP) is 2.50. The van der Waals surface area contributed by atoms with Crippen LogP contribution in [0.1, 0.15) is 26.3 Å². The molecule has 0 aliphatic carbocycles. The highest BCUT2D eigenvalue weighted by Crippen LogP contribution is 2.37. The minimum absolute atomic E-state index is 0.126. The zero-order valence-electron chi connectivity index (χ0n) is 12.1. The molecule has 0 saturated carbocycles. The van der Waals surface area contributed by atoms with Crippen LogP contribution >= 0.6 is 11.8 Å². The van der Waals surface area contributed by atoms with Crippen LogP contribution in [0.15, 0.2) is 24.3 Å². The highest BCUT2D eigenvalue weighted by atomic mass is 32.2. The number of thioether (sulfide) groups is 1. The van der Waals surface area contributed by atoms with E-state index >= 15 is 0 Å². The van der Waals surface area contributed by atoms with Crippen molar-refractivity contribution >= 4 is 29.8 Å². The summed E-state index contributed by atoms with van der Waals surface area (Å²) in [5.74, 6) is 0.504. The van der Waals surface area contributed by atoms with Gasteiger partial charge in [0, 0.05) is 11.4 Å². The second-order valence-electron chi connectivity index (χ2n) is 5.33. The van der Waals surface area contributed by atoms with Crippen molar-refractivity contribution in [2.45, 2.75) is 38.1 Å². The molecule has 0 aromatic heterocycles. The monoisotopic (exact) mass is 292 g/mol. The molecule has 0 bridgehead atoms. The summed E-state index contributed by atoms with van der Waals surface area (Å²) < 4.78 is 0. The largest absolute Gasteiger partial charge is 0.324 e. The second-order valence-corrected chi connectivity index (χ2v) is 6.95. The van der Waals surface area contributed by atoms with Gasteiger partial charge in [0.25, 0.3) is 0 Å². The quantitative estimate of drug-likeness (QED) is 0.867. The van der Waals surface area contributed by atoms with Crippen molar-refractivity contribution in [2.75, 3.05) is 11.1 Å². The summed E-state index contributed by atoms with van der Waals surface area (Å²) in [6, 6.07) is 7.39. The minimum atomic E-state index is -0.404. The van der Waals surface area contributed by atoms with Crippen LogP contribution in [0.4, 0.5) is 5.69 Å². The molecule has 1 fully saturated rings. The molecule has 1 aromatic rings. The minimum Gasteiger partial charge on any atom is -0.324 e. The van der Waals surface area contributed by atoms with Gasteiger partial charge in [0.2, 0.25) is 12.3 Å². The van der Waals surface area contributed by atoms with Gasteiger partial charge in [0.05, 0.1) is 4.87 Å². The Bertz CT molecular complexity index is 499. The van der Waals surface area contributed by atoms with Crippen LogP contribution in [-0.2, 0) is 16.0 Å². The number of hydrogen-bond acceptors (Lipinski definition) is 3. The van der Waals surface area contributed by atoms with Gasteiger partial charge in [-0.3, -0.25) is 9.59 Å². The van der Waals surface area contributed by atoms with Gasteiger partial charge in [-0.1, -0.05) is 19.1 Å². The first kappa shape index (κ1) is 14.9. The summed E-state index contributed by atoms with van der Waals surface area (Å²) in [6.07, 6.45) is 1.74. The highest BCUT2D eigenvalue weighted by molar-refractivity contribution is 8.00. The molecule has 2 amide bonds. The number of carbonyl (C=O) groups is 2. The van der Waals surface area contributed by atoms with E-state index in [0.29, 0.717) is 5.75 Å². The molecule has 4 nitrogen and oxygen atoms in total. The van der Waals surface area contributed by atoms with Gasteiger partial charge in [-0.2, -0.15) is 0 Å². The molecule has 1 aromatic carbocycles. The molecular formula is C15H20N2O2S. The van der Waals surface area contributed by atoms with E-state index in [-0.39, 0.29) is 10.8 Å². The van der Waals surface area contributed by atoms with E-state index in [1.807, 2.05) is 38.1 Å². The Balaban J connectivity index is 2.06. The van der Waals surface area contributed by atoms with Crippen molar-refractivity contribution in [1.82, 2.24) is 4.90 Å². The molecule has 1 aliphatic heterocycles. The van der Waals surface area contributed by atoms with Gasteiger partial charge in [0.15, 0.2) is 0 Å². The molecular weight excluding hydrogens is 272 g/mol. The summed E-state index contributed by atoms with van der Waals surface area (Å²) in [6.45, 7) is 6.00. The van der Waals surface area contributed by atoms with E-state index in [0.717, 1.165) is 18.5 Å². The van der Waals surface area contributed by atoms with Crippen molar-refractivity contribution in [3.05, 3.63) is 29.8 Å². The normalized spacial score (nSPS) is 20.8. The molecule has 1 aliphatic rings. The lowest BCUT2D eigenvalue weighted by Gasteiger charge is -2.30. The molecule has 1 saturated heterocycles. The van der Waals surface area contributed by atoms with Crippen LogP contribution in [0.3, 0.4) is 0 Å². The van der Waals surface area contributed by atoms with E-state index < -0.39 is 6.04 Å². The zero-order valence-corrected chi connectivity index (χ0v) is 12.9. The first-order chi connectivity index (χ1) is 9.47. The maximum Gasteiger partial charge on any atom is 0.248 e. The van der Waals surface area contributed by atoms with Crippen LogP contribution < -0.4 is 5.32 Å². The lowest BCUT2D eigenvalue weighted by molar-refractivity contribution is -0.130. The third kappa shape index (κ3) is 2.98. The number of nitrogens with zero attached hydrogens (tertiary/aromatic N) is 1. The van der Waals surface area contributed by atoms with E-state index in [2.05, 4.69) is 12.2 Å². The summed E-state index contributed by atoms with van der Waals surface area (Å²) in [5.41, 5.74) is 2.00. The van der Waals surface area contributed by atoms with E-state index in [1.165, 1.54) is 5.56 Å². The average molecular weight is 292 g/mol. The Morgan fingerprint density at radius 2 is 2.10 bits per heavy atom. The third-order valence-electron chi connectivity index (χ3n) is 3.60. The molecule has 1 unspecified atom stereocenters. The molecule has 5 heteroatoms. The van der Waals surface area contributed by atoms with E-state index in [4.69, 9.17) is 0 Å². The number of hydrogen-bond donors (Lipinski definition) is 1.